The first-order valence-corrected chi connectivity index (χ1v) is 14.6. The molecule has 2 heterocycles. The summed E-state index contributed by atoms with van der Waals surface area (Å²) in [7, 11) is 1.34. The maximum Gasteiger partial charge on any atom is 0.338 e. The highest BCUT2D eigenvalue weighted by Crippen LogP contribution is 2.37. The average Bonchev–Trinajstić information content (AvgIpc) is 2.96. The van der Waals surface area contributed by atoms with Crippen molar-refractivity contribution >= 4 is 45.4 Å². The molecule has 2 atom stereocenters. The standard InChI is InChI=1S/C17H17N3O3.C15H14BrN3O/c1-9-15-13(20-17(18)19-9)7-10(8-14(15)21)11-5-3-4-6-12(11)16(22)23-2;1-8-14-12(19-15(17)18-8)6-9(7-13(14)20)10-4-2-3-5-11(10)16/h3-6,10H,7-8H2,1-2H3,(H2,18,19,20);2-5,9H,6-7H2,1H3,(H2,17,18,19). The number of carbonyl (C=O) groups is 3. The van der Waals surface area contributed by atoms with E-state index in [0.29, 0.717) is 53.0 Å². The molecule has 0 saturated heterocycles. The molecule has 0 fully saturated rings. The molecule has 0 spiro atoms. The Kier molecular flexibility index (Phi) is 8.63. The number of benzene rings is 2. The van der Waals surface area contributed by atoms with Gasteiger partial charge in [0.25, 0.3) is 0 Å². The normalized spacial score (nSPS) is 17.3. The first kappa shape index (κ1) is 30.0. The number of methoxy groups -OCH3 is 1. The van der Waals surface area contributed by atoms with Crippen molar-refractivity contribution in [1.82, 2.24) is 19.9 Å². The maximum absolute atomic E-state index is 12.5. The predicted molar refractivity (Wildman–Crippen MR) is 165 cm³/mol. The van der Waals surface area contributed by atoms with Crippen molar-refractivity contribution in [2.45, 2.75) is 51.4 Å². The van der Waals surface area contributed by atoms with E-state index in [1.807, 2.05) is 43.3 Å². The van der Waals surface area contributed by atoms with E-state index >= 15 is 0 Å². The van der Waals surface area contributed by atoms with Gasteiger partial charge in [0.05, 0.1) is 46.6 Å². The molecule has 6 rings (SSSR count). The van der Waals surface area contributed by atoms with Gasteiger partial charge in [-0.15, -0.1) is 0 Å². The molecule has 0 aliphatic heterocycles. The zero-order valence-electron chi connectivity index (χ0n) is 24.1. The fourth-order valence-electron chi connectivity index (χ4n) is 5.99. The molecular formula is C32H31BrN6O4. The Bertz CT molecular complexity index is 1760. The van der Waals surface area contributed by atoms with Gasteiger partial charge in [0, 0.05) is 17.3 Å². The molecule has 43 heavy (non-hydrogen) atoms. The quantitative estimate of drug-likeness (QED) is 0.287. The molecule has 2 aromatic heterocycles. The molecule has 11 heteroatoms. The summed E-state index contributed by atoms with van der Waals surface area (Å²) in [6.07, 6.45) is 2.07. The number of fused-ring (bicyclic) bond motifs is 2. The number of aromatic nitrogens is 4. The summed E-state index contributed by atoms with van der Waals surface area (Å²) in [4.78, 5) is 53.5. The molecule has 2 aromatic carbocycles. The van der Waals surface area contributed by atoms with Crippen LogP contribution in [-0.4, -0.2) is 44.6 Å². The van der Waals surface area contributed by atoms with Crippen LogP contribution in [0.1, 0.15) is 89.7 Å². The number of carbonyl (C=O) groups excluding carboxylic acids is 3. The topological polar surface area (TPSA) is 164 Å². The molecule has 10 nitrogen and oxygen atoms in total. The molecule has 2 aliphatic carbocycles. The van der Waals surface area contributed by atoms with Crippen molar-refractivity contribution in [3.05, 3.63) is 104 Å². The summed E-state index contributed by atoms with van der Waals surface area (Å²) >= 11 is 3.55. The lowest BCUT2D eigenvalue weighted by Crippen LogP contribution is -2.24. The second-order valence-corrected chi connectivity index (χ2v) is 11.5. The second-order valence-electron chi connectivity index (χ2n) is 10.6. The van der Waals surface area contributed by atoms with E-state index in [9.17, 15) is 14.4 Å². The zero-order valence-corrected chi connectivity index (χ0v) is 25.6. The highest BCUT2D eigenvalue weighted by atomic mass is 79.9. The summed E-state index contributed by atoms with van der Waals surface area (Å²) in [6, 6.07) is 15.2. The molecule has 220 valence electrons. The van der Waals surface area contributed by atoms with Crippen LogP contribution < -0.4 is 11.5 Å². The van der Waals surface area contributed by atoms with Crippen molar-refractivity contribution < 1.29 is 19.1 Å². The number of halogens is 1. The number of aryl methyl sites for hydroxylation is 2. The first-order valence-electron chi connectivity index (χ1n) is 13.8. The Balaban J connectivity index is 0.000000173. The van der Waals surface area contributed by atoms with Gasteiger partial charge < -0.3 is 16.2 Å². The summed E-state index contributed by atoms with van der Waals surface area (Å²) in [6.45, 7) is 3.57. The highest BCUT2D eigenvalue weighted by Gasteiger charge is 2.32. The van der Waals surface area contributed by atoms with Crippen LogP contribution in [0.25, 0.3) is 0 Å². The molecule has 4 N–H and O–H groups in total. The number of rotatable bonds is 3. The van der Waals surface area contributed by atoms with E-state index in [1.165, 1.54) is 7.11 Å². The molecule has 4 aromatic rings. The lowest BCUT2D eigenvalue weighted by Gasteiger charge is -2.25. The number of ketones is 2. The van der Waals surface area contributed by atoms with E-state index in [1.54, 1.807) is 19.1 Å². The highest BCUT2D eigenvalue weighted by molar-refractivity contribution is 9.10. The molecule has 2 aliphatic rings. The van der Waals surface area contributed by atoms with Crippen molar-refractivity contribution in [1.29, 1.82) is 0 Å². The molecule has 0 bridgehead atoms. The van der Waals surface area contributed by atoms with Crippen LogP contribution in [0.3, 0.4) is 0 Å². The van der Waals surface area contributed by atoms with E-state index in [0.717, 1.165) is 27.7 Å². The first-order chi connectivity index (χ1) is 20.6. The molecule has 0 radical (unpaired) electrons. The van der Waals surface area contributed by atoms with Gasteiger partial charge in [-0.2, -0.15) is 0 Å². The maximum atomic E-state index is 12.5. The Hall–Kier alpha value is -4.51. The Morgan fingerprint density at radius 1 is 0.744 bits per heavy atom. The monoisotopic (exact) mass is 642 g/mol. The van der Waals surface area contributed by atoms with Crippen molar-refractivity contribution in [3.8, 4) is 0 Å². The molecule has 0 amide bonds. The third-order valence-electron chi connectivity index (χ3n) is 7.82. The van der Waals surface area contributed by atoms with E-state index in [-0.39, 0.29) is 35.3 Å². The Labute approximate surface area is 257 Å². The van der Waals surface area contributed by atoms with Gasteiger partial charge in [-0.1, -0.05) is 52.3 Å². The number of esters is 1. The van der Waals surface area contributed by atoms with E-state index in [4.69, 9.17) is 16.2 Å². The number of Topliss-reactive ketones (excluding diaryl/α,β-unsaturated/α-hetero) is 2. The van der Waals surface area contributed by atoms with Gasteiger partial charge >= 0.3 is 5.97 Å². The van der Waals surface area contributed by atoms with Gasteiger partial charge in [0.1, 0.15) is 0 Å². The van der Waals surface area contributed by atoms with Crippen LogP contribution in [-0.2, 0) is 17.6 Å². The minimum atomic E-state index is -0.405. The SMILES string of the molecule is COC(=O)c1ccccc1C1CC(=O)c2c(C)nc(N)nc2C1.Cc1nc(N)nc2c1C(=O)CC(c1ccccc1Br)C2. The largest absolute Gasteiger partial charge is 0.465 e. The van der Waals surface area contributed by atoms with Gasteiger partial charge in [-0.25, -0.2) is 24.7 Å². The number of nitrogen functional groups attached to an aromatic ring is 2. The number of ether oxygens (including phenoxy) is 1. The van der Waals surface area contributed by atoms with Crippen LogP contribution in [0.2, 0.25) is 0 Å². The van der Waals surface area contributed by atoms with Crippen molar-refractivity contribution in [2.24, 2.45) is 0 Å². The molecular weight excluding hydrogens is 612 g/mol. The van der Waals surface area contributed by atoms with Crippen molar-refractivity contribution in [2.75, 3.05) is 18.6 Å². The number of anilines is 2. The van der Waals surface area contributed by atoms with Crippen LogP contribution in [0, 0.1) is 13.8 Å². The lowest BCUT2D eigenvalue weighted by atomic mass is 9.79. The fourth-order valence-corrected chi connectivity index (χ4v) is 6.60. The summed E-state index contributed by atoms with van der Waals surface area (Å²) in [5.41, 5.74) is 17.8. The van der Waals surface area contributed by atoms with Gasteiger partial charge in [0.2, 0.25) is 11.9 Å². The Morgan fingerprint density at radius 2 is 1.21 bits per heavy atom. The third kappa shape index (κ3) is 6.17. The van der Waals surface area contributed by atoms with Gasteiger partial charge in [-0.05, 0) is 61.8 Å². The summed E-state index contributed by atoms with van der Waals surface area (Å²) in [5, 5.41) is 0. The molecule has 2 unspecified atom stereocenters. The smallest absolute Gasteiger partial charge is 0.338 e. The van der Waals surface area contributed by atoms with E-state index in [2.05, 4.69) is 35.9 Å². The average molecular weight is 644 g/mol. The van der Waals surface area contributed by atoms with Crippen molar-refractivity contribution in [3.63, 3.8) is 0 Å². The fraction of sp³-hybridized carbons (Fsp3) is 0.281. The number of hydrogen-bond donors (Lipinski definition) is 2. The minimum Gasteiger partial charge on any atom is -0.465 e. The van der Waals surface area contributed by atoms with E-state index < -0.39 is 5.97 Å². The predicted octanol–water partition coefficient (Wildman–Crippen LogP) is 5.11. The third-order valence-corrected chi connectivity index (χ3v) is 8.54. The van der Waals surface area contributed by atoms with Crippen LogP contribution >= 0.6 is 15.9 Å². The number of nitrogens with two attached hydrogens (primary N) is 2. The van der Waals surface area contributed by atoms with Crippen LogP contribution in [0.15, 0.2) is 53.0 Å². The van der Waals surface area contributed by atoms with Crippen LogP contribution in [0.5, 0.6) is 0 Å². The zero-order chi connectivity index (χ0) is 30.8. The molecule has 0 saturated carbocycles. The van der Waals surface area contributed by atoms with Crippen LogP contribution in [0.4, 0.5) is 11.9 Å². The summed E-state index contributed by atoms with van der Waals surface area (Å²) < 4.78 is 5.86. The van der Waals surface area contributed by atoms with Gasteiger partial charge in [-0.3, -0.25) is 9.59 Å². The Morgan fingerprint density at radius 3 is 1.72 bits per heavy atom. The number of nitrogens with zero attached hydrogens (tertiary/aromatic N) is 4. The summed E-state index contributed by atoms with van der Waals surface area (Å²) in [5.74, 6) is 0.0891. The minimum absolute atomic E-state index is 0.0200. The number of hydrogen-bond acceptors (Lipinski definition) is 10. The van der Waals surface area contributed by atoms with Gasteiger partial charge in [0.15, 0.2) is 11.6 Å². The second kappa shape index (κ2) is 12.4. The lowest BCUT2D eigenvalue weighted by molar-refractivity contribution is 0.0597.